The second kappa shape index (κ2) is 17.4. The van der Waals surface area contributed by atoms with Crippen LogP contribution in [0.3, 0.4) is 0 Å². The third-order valence-electron chi connectivity index (χ3n) is 5.26. The predicted octanol–water partition coefficient (Wildman–Crippen LogP) is 7.28. The van der Waals surface area contributed by atoms with Crippen LogP contribution in [0.4, 0.5) is 26.3 Å². The fourth-order valence-corrected chi connectivity index (χ4v) is 9.57. The number of sulfonamides is 2. The Kier molecular flexibility index (Phi) is 18.3. The minimum Gasteiger partial charge on any atom is -0.421 e. The van der Waals surface area contributed by atoms with Gasteiger partial charge in [-0.25, -0.2) is 16.8 Å². The topological polar surface area (TPSA) is 91.6 Å². The van der Waals surface area contributed by atoms with Crippen LogP contribution in [0, 0.1) is 0 Å². The van der Waals surface area contributed by atoms with E-state index < -0.39 is 38.3 Å². The van der Waals surface area contributed by atoms with Crippen molar-refractivity contribution in [3.63, 3.8) is 0 Å². The first-order chi connectivity index (χ1) is 15.9. The number of halogens is 6. The summed E-state index contributed by atoms with van der Waals surface area (Å²) < 4.78 is 115. The zero-order valence-electron chi connectivity index (χ0n) is 20.9. The highest BCUT2D eigenvalue weighted by Crippen LogP contribution is 2.60. The van der Waals surface area contributed by atoms with E-state index >= 15 is 0 Å². The van der Waals surface area contributed by atoms with Gasteiger partial charge in [0.2, 0.25) is 0 Å². The van der Waals surface area contributed by atoms with Crippen molar-refractivity contribution in [3.05, 3.63) is 4.13 Å². The van der Waals surface area contributed by atoms with E-state index in [1.165, 1.54) is 82.4 Å². The van der Waals surface area contributed by atoms with Crippen LogP contribution in [-0.4, -0.2) is 66.2 Å². The molecule has 0 heterocycles. The molecule has 0 N–H and O–H groups in total. The van der Waals surface area contributed by atoms with Crippen LogP contribution in [0.25, 0.3) is 4.13 Å². The number of unbranched alkanes of at least 4 members (excludes halogenated alkanes) is 6. The highest BCUT2D eigenvalue weighted by atomic mass is 32.3. The SMILES string of the molecule is CCCCC[P+](CCCCC)(CCCCC)CCOC.O=S(=O)([N-]S(=O)(=O)C(F)(F)F)C(F)(F)F. The lowest BCUT2D eigenvalue weighted by atomic mass is 10.3. The Balaban J connectivity index is 0. The zero-order valence-corrected chi connectivity index (χ0v) is 23.4. The van der Waals surface area contributed by atoms with Crippen molar-refractivity contribution < 1.29 is 47.9 Å². The highest BCUT2D eigenvalue weighted by Gasteiger charge is 2.47. The third kappa shape index (κ3) is 15.6. The van der Waals surface area contributed by atoms with E-state index in [0.29, 0.717) is 0 Å². The summed E-state index contributed by atoms with van der Waals surface area (Å²) in [6.07, 6.45) is 18.7. The number of alkyl halides is 6. The molecule has 15 heteroatoms. The van der Waals surface area contributed by atoms with Crippen LogP contribution in [-0.2, 0) is 24.8 Å². The Morgan fingerprint density at radius 3 is 1.17 bits per heavy atom. The molecule has 0 aromatic rings. The monoisotopic (exact) mass is 583 g/mol. The van der Waals surface area contributed by atoms with Gasteiger partial charge in [-0.3, -0.25) is 0 Å². The Bertz CT molecular complexity index is 690. The van der Waals surface area contributed by atoms with E-state index in [1.54, 1.807) is 0 Å². The van der Waals surface area contributed by atoms with Crippen molar-refractivity contribution in [1.82, 2.24) is 0 Å². The molecule has 35 heavy (non-hydrogen) atoms. The molecule has 0 aliphatic carbocycles. The van der Waals surface area contributed by atoms with Gasteiger partial charge < -0.3 is 8.86 Å². The number of hydrogen-bond donors (Lipinski definition) is 0. The van der Waals surface area contributed by atoms with Gasteiger partial charge in [0, 0.05) is 14.4 Å². The van der Waals surface area contributed by atoms with Crippen molar-refractivity contribution in [2.24, 2.45) is 0 Å². The number of methoxy groups -OCH3 is 1. The van der Waals surface area contributed by atoms with Crippen LogP contribution >= 0.6 is 7.26 Å². The molecule has 0 bridgehead atoms. The molecule has 0 fully saturated rings. The lowest BCUT2D eigenvalue weighted by Crippen LogP contribution is -2.30. The van der Waals surface area contributed by atoms with Crippen molar-refractivity contribution in [3.8, 4) is 0 Å². The minimum absolute atomic E-state index is 0.727. The first-order valence-corrected chi connectivity index (χ1v) is 17.1. The molecule has 0 amide bonds. The maximum atomic E-state index is 11.4. The summed E-state index contributed by atoms with van der Waals surface area (Å²) in [7, 11) is -12.3. The summed E-state index contributed by atoms with van der Waals surface area (Å²) in [5.74, 6) is 0. The standard InChI is InChI=1S/C18H40OP.C2F6NO4S2/c1-5-8-11-15-20(18-14-19-4,16-12-9-6-2)17-13-10-7-3;3-1(4,5)14(10,11)9-15(12,13)2(6,7)8/h5-18H2,1-4H3;/q+1;-1. The molecule has 0 saturated heterocycles. The fraction of sp³-hybridized carbons (Fsp3) is 1.00. The van der Waals surface area contributed by atoms with Crippen molar-refractivity contribution >= 4 is 27.3 Å². The number of rotatable bonds is 17. The van der Waals surface area contributed by atoms with Gasteiger partial charge >= 0.3 is 11.0 Å². The van der Waals surface area contributed by atoms with Gasteiger partial charge in [-0.1, -0.05) is 59.3 Å². The summed E-state index contributed by atoms with van der Waals surface area (Å²) in [5.41, 5.74) is -12.4. The van der Waals surface area contributed by atoms with Gasteiger partial charge in [-0.2, -0.15) is 26.3 Å². The average molecular weight is 584 g/mol. The maximum absolute atomic E-state index is 11.4. The van der Waals surface area contributed by atoms with E-state index in [-0.39, 0.29) is 0 Å². The second-order valence-electron chi connectivity index (χ2n) is 8.27. The van der Waals surface area contributed by atoms with Crippen molar-refractivity contribution in [2.75, 3.05) is 38.4 Å². The largest absolute Gasteiger partial charge is 0.480 e. The van der Waals surface area contributed by atoms with E-state index in [1.807, 2.05) is 7.11 Å². The Hall–Kier alpha value is -0.170. The summed E-state index contributed by atoms with van der Waals surface area (Å²) in [5, 5.41) is 0. The summed E-state index contributed by atoms with van der Waals surface area (Å²) in [6, 6.07) is 0. The molecule has 0 aromatic heterocycles. The molecule has 0 aromatic carbocycles. The molecule has 0 rings (SSSR count). The number of nitrogens with zero attached hydrogens (tertiary/aromatic N) is 1. The lowest BCUT2D eigenvalue weighted by Gasteiger charge is -2.28. The quantitative estimate of drug-likeness (QED) is 0.102. The second-order valence-corrected chi connectivity index (χ2v) is 16.2. The molecular formula is C20H40F6NO5PS2. The van der Waals surface area contributed by atoms with Crippen LogP contribution in [0.2, 0.25) is 0 Å². The van der Waals surface area contributed by atoms with Gasteiger partial charge in [0.05, 0.1) is 31.3 Å². The molecule has 6 nitrogen and oxygen atoms in total. The first-order valence-electron chi connectivity index (χ1n) is 11.7. The number of hydrogen-bond acceptors (Lipinski definition) is 5. The summed E-state index contributed by atoms with van der Waals surface area (Å²) in [4.78, 5) is 0. The summed E-state index contributed by atoms with van der Waals surface area (Å²) >= 11 is 0. The van der Waals surface area contributed by atoms with Crippen molar-refractivity contribution in [1.29, 1.82) is 0 Å². The molecule has 0 unspecified atom stereocenters. The molecule has 0 saturated carbocycles. The number of ether oxygens (including phenoxy) is 1. The van der Waals surface area contributed by atoms with Gasteiger partial charge in [-0.05, 0) is 19.3 Å². The van der Waals surface area contributed by atoms with E-state index in [9.17, 15) is 43.2 Å². The van der Waals surface area contributed by atoms with E-state index in [0.717, 1.165) is 10.7 Å². The molecule has 0 atom stereocenters. The summed E-state index contributed by atoms with van der Waals surface area (Å²) in [6.45, 7) is 7.97. The van der Waals surface area contributed by atoms with Crippen LogP contribution in [0.15, 0.2) is 0 Å². The van der Waals surface area contributed by atoms with Crippen LogP contribution in [0.1, 0.15) is 78.6 Å². The molecule has 0 aliphatic rings. The molecule has 0 radical (unpaired) electrons. The fourth-order valence-electron chi connectivity index (χ4n) is 3.26. The van der Waals surface area contributed by atoms with E-state index in [2.05, 4.69) is 20.8 Å². The lowest BCUT2D eigenvalue weighted by molar-refractivity contribution is -0.0444. The molecule has 0 aliphatic heterocycles. The van der Waals surface area contributed by atoms with Gasteiger partial charge in [-0.15, -0.1) is 0 Å². The molecular weight excluding hydrogens is 543 g/mol. The van der Waals surface area contributed by atoms with Gasteiger partial charge in [0.25, 0.3) is 0 Å². The third-order valence-corrected chi connectivity index (χ3v) is 12.9. The molecule has 214 valence electrons. The zero-order chi connectivity index (χ0) is 27.8. The van der Waals surface area contributed by atoms with Gasteiger partial charge in [0.15, 0.2) is 20.0 Å². The Labute approximate surface area is 207 Å². The van der Waals surface area contributed by atoms with Crippen LogP contribution in [0.5, 0.6) is 0 Å². The van der Waals surface area contributed by atoms with Gasteiger partial charge in [0.1, 0.15) is 0 Å². The smallest absolute Gasteiger partial charge is 0.421 e. The van der Waals surface area contributed by atoms with E-state index in [4.69, 9.17) is 4.74 Å². The van der Waals surface area contributed by atoms with Crippen LogP contribution < -0.4 is 0 Å². The Morgan fingerprint density at radius 1 is 0.629 bits per heavy atom. The Morgan fingerprint density at radius 2 is 0.943 bits per heavy atom. The predicted molar refractivity (Wildman–Crippen MR) is 130 cm³/mol. The molecule has 0 spiro atoms. The minimum atomic E-state index is -6.72. The normalized spacial score (nSPS) is 13.4. The maximum Gasteiger partial charge on any atom is 0.480 e. The average Bonchev–Trinajstić information content (AvgIpc) is 2.71. The first kappa shape index (κ1) is 37.0. The highest BCUT2D eigenvalue weighted by molar-refractivity contribution is 8.13. The van der Waals surface area contributed by atoms with Crippen molar-refractivity contribution in [2.45, 2.75) is 89.6 Å².